The van der Waals surface area contributed by atoms with Gasteiger partial charge in [-0.05, 0) is 80.8 Å². The van der Waals surface area contributed by atoms with Gasteiger partial charge in [-0.25, -0.2) is 4.68 Å². The fraction of sp³-hybridized carbons (Fsp3) is 0.536. The minimum absolute atomic E-state index is 0.00120. The number of rotatable bonds is 4. The Bertz CT molecular complexity index is 1190. The highest BCUT2D eigenvalue weighted by Gasteiger charge is 2.46. The molecule has 1 amide bonds. The van der Waals surface area contributed by atoms with Gasteiger partial charge in [0.1, 0.15) is 12.3 Å². The second kappa shape index (κ2) is 9.26. The highest BCUT2D eigenvalue weighted by molar-refractivity contribution is 5.77. The molecule has 3 aliphatic heterocycles. The molecule has 7 heteroatoms. The third-order valence-electron chi connectivity index (χ3n) is 8.51. The molecule has 1 aromatic carbocycles. The van der Waals surface area contributed by atoms with Gasteiger partial charge in [-0.15, -0.1) is 0 Å². The van der Waals surface area contributed by atoms with Crippen LogP contribution in [-0.2, 0) is 11.3 Å². The van der Waals surface area contributed by atoms with Crippen molar-refractivity contribution >= 4 is 5.91 Å². The van der Waals surface area contributed by atoms with Gasteiger partial charge < -0.3 is 9.64 Å². The molecule has 1 aromatic heterocycles. The fourth-order valence-corrected chi connectivity index (χ4v) is 6.95. The van der Waals surface area contributed by atoms with E-state index in [1.165, 1.54) is 48.5 Å². The van der Waals surface area contributed by atoms with E-state index >= 15 is 0 Å². The van der Waals surface area contributed by atoms with Crippen molar-refractivity contribution in [1.29, 1.82) is 0 Å². The van der Waals surface area contributed by atoms with Crippen molar-refractivity contribution in [1.82, 2.24) is 19.6 Å². The Morgan fingerprint density at radius 3 is 2.77 bits per heavy atom. The van der Waals surface area contributed by atoms with Crippen molar-refractivity contribution in [3.63, 3.8) is 0 Å². The van der Waals surface area contributed by atoms with E-state index in [0.717, 1.165) is 37.2 Å². The summed E-state index contributed by atoms with van der Waals surface area (Å²) in [4.78, 5) is 31.0. The predicted octanol–water partition coefficient (Wildman–Crippen LogP) is 3.34. The van der Waals surface area contributed by atoms with Crippen LogP contribution in [-0.4, -0.2) is 64.3 Å². The largest absolute Gasteiger partial charge is 0.497 e. The van der Waals surface area contributed by atoms with Crippen LogP contribution in [0.3, 0.4) is 0 Å². The van der Waals surface area contributed by atoms with Crippen LogP contribution in [0.4, 0.5) is 0 Å². The number of methoxy groups -OCH3 is 1. The second-order valence-corrected chi connectivity index (χ2v) is 10.5. The molecule has 4 heterocycles. The van der Waals surface area contributed by atoms with Crippen LogP contribution in [0.25, 0.3) is 11.3 Å². The van der Waals surface area contributed by atoms with E-state index in [0.29, 0.717) is 23.6 Å². The number of aromatic nitrogens is 2. The minimum Gasteiger partial charge on any atom is -0.497 e. The molecule has 6 rings (SSSR count). The van der Waals surface area contributed by atoms with E-state index < -0.39 is 0 Å². The predicted molar refractivity (Wildman–Crippen MR) is 134 cm³/mol. The lowest BCUT2D eigenvalue weighted by Gasteiger charge is -2.54. The van der Waals surface area contributed by atoms with Crippen LogP contribution in [0.5, 0.6) is 5.75 Å². The molecule has 0 spiro atoms. The van der Waals surface area contributed by atoms with E-state index in [1.807, 2.05) is 24.3 Å². The lowest BCUT2D eigenvalue weighted by atomic mass is 9.68. The maximum atomic E-state index is 13.6. The molecule has 4 aliphatic rings. The number of carbonyl (C=O) groups is 1. The Hall–Kier alpha value is -2.93. The summed E-state index contributed by atoms with van der Waals surface area (Å²) >= 11 is 0. The smallest absolute Gasteiger partial charge is 0.267 e. The first kappa shape index (κ1) is 22.5. The molecular formula is C28H34N4O3. The van der Waals surface area contributed by atoms with Crippen molar-refractivity contribution in [2.45, 2.75) is 57.2 Å². The van der Waals surface area contributed by atoms with Crippen LogP contribution in [0.15, 0.2) is 52.8 Å². The minimum atomic E-state index is -0.249. The SMILES string of the molecule is COc1ccc(-c2ccc(=O)n(CC(=O)N3CCCC4=C[C@H]5C[C@H](CN6CCCC[C@H]56)[C@@H]43)n2)cc1. The van der Waals surface area contributed by atoms with E-state index in [2.05, 4.69) is 21.0 Å². The summed E-state index contributed by atoms with van der Waals surface area (Å²) in [6.45, 7) is 3.03. The molecule has 4 atom stereocenters. The molecule has 7 nitrogen and oxygen atoms in total. The van der Waals surface area contributed by atoms with Crippen LogP contribution in [0.2, 0.25) is 0 Å². The standard InChI is InChI=1S/C28H34N4O3/c1-35-23-9-7-19(8-10-23)24-11-12-26(33)32(29-24)18-27(34)31-14-4-5-20-15-21-16-22(28(20)31)17-30-13-3-2-6-25(21)30/h7-12,15,21-22,25,28H,2-6,13-14,16-18H2,1H3/t21-,22+,25+,28+/m0/s1. The summed E-state index contributed by atoms with van der Waals surface area (Å²) < 4.78 is 6.56. The lowest BCUT2D eigenvalue weighted by molar-refractivity contribution is -0.137. The number of likely N-dealkylation sites (tertiary alicyclic amines) is 1. The Morgan fingerprint density at radius 2 is 1.94 bits per heavy atom. The van der Waals surface area contributed by atoms with Gasteiger partial charge in [-0.2, -0.15) is 5.10 Å². The van der Waals surface area contributed by atoms with Gasteiger partial charge in [0.2, 0.25) is 5.91 Å². The molecule has 2 aromatic rings. The Balaban J connectivity index is 1.24. The molecule has 1 aliphatic carbocycles. The summed E-state index contributed by atoms with van der Waals surface area (Å²) in [5.74, 6) is 1.90. The van der Waals surface area contributed by atoms with Crippen molar-refractivity contribution < 1.29 is 9.53 Å². The number of amides is 1. The molecule has 0 saturated carbocycles. The molecule has 184 valence electrons. The topological polar surface area (TPSA) is 67.7 Å². The second-order valence-electron chi connectivity index (χ2n) is 10.5. The number of nitrogens with zero attached hydrogens (tertiary/aromatic N) is 4. The maximum absolute atomic E-state index is 13.6. The summed E-state index contributed by atoms with van der Waals surface area (Å²) in [6.07, 6.45) is 9.75. The van der Waals surface area contributed by atoms with Crippen molar-refractivity contribution in [2.24, 2.45) is 11.8 Å². The first-order valence-electron chi connectivity index (χ1n) is 13.1. The van der Waals surface area contributed by atoms with E-state index in [1.54, 1.807) is 13.2 Å². The van der Waals surface area contributed by atoms with Crippen LogP contribution in [0.1, 0.15) is 38.5 Å². The highest BCUT2D eigenvalue weighted by atomic mass is 16.5. The van der Waals surface area contributed by atoms with Gasteiger partial charge in [0.25, 0.3) is 5.56 Å². The van der Waals surface area contributed by atoms with Crippen LogP contribution >= 0.6 is 0 Å². The van der Waals surface area contributed by atoms with E-state index in [-0.39, 0.29) is 24.1 Å². The fourth-order valence-electron chi connectivity index (χ4n) is 6.95. The average molecular weight is 475 g/mol. The van der Waals surface area contributed by atoms with Gasteiger partial charge in [-0.3, -0.25) is 14.5 Å². The zero-order chi connectivity index (χ0) is 23.9. The van der Waals surface area contributed by atoms with Crippen molar-refractivity contribution in [3.05, 3.63) is 58.4 Å². The zero-order valence-electron chi connectivity index (χ0n) is 20.4. The maximum Gasteiger partial charge on any atom is 0.267 e. The van der Waals surface area contributed by atoms with E-state index in [9.17, 15) is 9.59 Å². The summed E-state index contributed by atoms with van der Waals surface area (Å²) in [7, 11) is 1.63. The van der Waals surface area contributed by atoms with Crippen LogP contribution in [0, 0.1) is 11.8 Å². The zero-order valence-corrected chi connectivity index (χ0v) is 20.4. The summed E-state index contributed by atoms with van der Waals surface area (Å²) in [6, 6.07) is 11.7. The molecule has 0 unspecified atom stereocenters. The average Bonchev–Trinajstić information content (AvgIpc) is 2.89. The summed E-state index contributed by atoms with van der Waals surface area (Å²) in [5, 5.41) is 4.55. The quantitative estimate of drug-likeness (QED) is 0.636. The Kier molecular flexibility index (Phi) is 5.96. The van der Waals surface area contributed by atoms with Crippen LogP contribution < -0.4 is 10.3 Å². The number of hydrogen-bond acceptors (Lipinski definition) is 5. The van der Waals surface area contributed by atoms with Gasteiger partial charge in [0, 0.05) is 30.8 Å². The van der Waals surface area contributed by atoms with E-state index in [4.69, 9.17) is 4.74 Å². The molecule has 2 bridgehead atoms. The summed E-state index contributed by atoms with van der Waals surface area (Å²) in [5.41, 5.74) is 2.76. The molecule has 0 radical (unpaired) electrons. The van der Waals surface area contributed by atoms with Gasteiger partial charge in [-0.1, -0.05) is 18.1 Å². The molecular weight excluding hydrogens is 440 g/mol. The molecule has 0 N–H and O–H groups in total. The van der Waals surface area contributed by atoms with Gasteiger partial charge in [0.05, 0.1) is 18.8 Å². The number of carbonyl (C=O) groups excluding carboxylic acids is 1. The first-order chi connectivity index (χ1) is 17.1. The number of ether oxygens (including phenoxy) is 1. The Labute approximate surface area is 206 Å². The number of piperidine rings is 3. The third kappa shape index (κ3) is 4.20. The number of hydrogen-bond donors (Lipinski definition) is 0. The Morgan fingerprint density at radius 1 is 1.09 bits per heavy atom. The van der Waals surface area contributed by atoms with Gasteiger partial charge in [0.15, 0.2) is 0 Å². The third-order valence-corrected chi connectivity index (χ3v) is 8.51. The lowest BCUT2D eigenvalue weighted by Crippen LogP contribution is -2.60. The normalized spacial score (nSPS) is 28.0. The highest BCUT2D eigenvalue weighted by Crippen LogP contribution is 2.45. The number of fused-ring (bicyclic) bond motifs is 6. The van der Waals surface area contributed by atoms with Crippen molar-refractivity contribution in [3.8, 4) is 17.0 Å². The molecule has 35 heavy (non-hydrogen) atoms. The van der Waals surface area contributed by atoms with Gasteiger partial charge >= 0.3 is 0 Å². The first-order valence-corrected chi connectivity index (χ1v) is 13.1. The molecule has 3 saturated heterocycles. The molecule has 3 fully saturated rings. The number of benzene rings is 1. The monoisotopic (exact) mass is 474 g/mol. The van der Waals surface area contributed by atoms with Crippen molar-refractivity contribution in [2.75, 3.05) is 26.7 Å².